The summed E-state index contributed by atoms with van der Waals surface area (Å²) >= 11 is 0. The number of hydrogen-bond acceptors (Lipinski definition) is 5. The number of anilines is 1. The summed E-state index contributed by atoms with van der Waals surface area (Å²) in [6.07, 6.45) is 2.50. The number of aromatic nitrogens is 2. The quantitative estimate of drug-likeness (QED) is 0.679. The lowest BCUT2D eigenvalue weighted by Crippen LogP contribution is -2.33. The summed E-state index contributed by atoms with van der Waals surface area (Å²) in [5, 5.41) is 6.46. The monoisotopic (exact) mass is 280 g/mol. The van der Waals surface area contributed by atoms with Gasteiger partial charge in [0.15, 0.2) is 0 Å². The van der Waals surface area contributed by atoms with Gasteiger partial charge in [0.1, 0.15) is 11.6 Å². The van der Waals surface area contributed by atoms with Crippen LogP contribution in [0.1, 0.15) is 38.4 Å². The van der Waals surface area contributed by atoms with Gasteiger partial charge in [-0.2, -0.15) is 0 Å². The third kappa shape index (κ3) is 4.61. The van der Waals surface area contributed by atoms with Crippen molar-refractivity contribution < 1.29 is 4.74 Å². The highest BCUT2D eigenvalue weighted by molar-refractivity contribution is 5.33. The number of hydrogen-bond donors (Lipinski definition) is 3. The molecule has 0 atom stereocenters. The van der Waals surface area contributed by atoms with Crippen molar-refractivity contribution in [3.8, 4) is 0 Å². The van der Waals surface area contributed by atoms with Crippen LogP contribution in [-0.4, -0.2) is 42.3 Å². The summed E-state index contributed by atoms with van der Waals surface area (Å²) < 4.78 is 5.80. The summed E-state index contributed by atoms with van der Waals surface area (Å²) in [5.41, 5.74) is -0.120. The fourth-order valence-corrected chi connectivity index (χ4v) is 2.21. The van der Waals surface area contributed by atoms with E-state index in [0.717, 1.165) is 25.9 Å². The van der Waals surface area contributed by atoms with E-state index < -0.39 is 0 Å². The van der Waals surface area contributed by atoms with E-state index in [1.807, 2.05) is 13.8 Å². The van der Waals surface area contributed by atoms with Crippen LogP contribution in [0, 0.1) is 0 Å². The van der Waals surface area contributed by atoms with E-state index in [2.05, 4.69) is 20.6 Å². The van der Waals surface area contributed by atoms with E-state index in [1.54, 1.807) is 0 Å². The minimum Gasteiger partial charge on any atom is -0.376 e. The van der Waals surface area contributed by atoms with Gasteiger partial charge in [-0.25, -0.2) is 4.98 Å². The molecule has 1 aromatic rings. The van der Waals surface area contributed by atoms with Gasteiger partial charge < -0.3 is 20.4 Å². The van der Waals surface area contributed by atoms with Gasteiger partial charge in [-0.3, -0.25) is 4.79 Å². The van der Waals surface area contributed by atoms with Gasteiger partial charge in [0.05, 0.1) is 12.7 Å². The molecule has 1 aliphatic heterocycles. The molecule has 3 N–H and O–H groups in total. The molecular weight excluding hydrogens is 256 g/mol. The molecule has 1 aliphatic rings. The van der Waals surface area contributed by atoms with Crippen LogP contribution in [0.5, 0.6) is 0 Å². The zero-order valence-electron chi connectivity index (χ0n) is 12.2. The number of rotatable bonds is 6. The molecule has 0 saturated carbocycles. The molecule has 1 aromatic heterocycles. The summed E-state index contributed by atoms with van der Waals surface area (Å²) in [7, 11) is 0. The predicted molar refractivity (Wildman–Crippen MR) is 79.3 cm³/mol. The van der Waals surface area contributed by atoms with Crippen LogP contribution in [0.25, 0.3) is 0 Å². The topological polar surface area (TPSA) is 79.0 Å². The molecule has 2 heterocycles. The molecule has 2 rings (SSSR count). The number of ether oxygens (including phenoxy) is 1. The zero-order valence-corrected chi connectivity index (χ0v) is 12.2. The van der Waals surface area contributed by atoms with Gasteiger partial charge in [0.2, 0.25) is 0 Å². The summed E-state index contributed by atoms with van der Waals surface area (Å²) in [5.74, 6) is 1.53. The lowest BCUT2D eigenvalue weighted by molar-refractivity contribution is 0.0394. The summed E-state index contributed by atoms with van der Waals surface area (Å²) in [6, 6.07) is 1.48. The highest BCUT2D eigenvalue weighted by Gasteiger charge is 2.12. The minimum absolute atomic E-state index is 0.120. The van der Waals surface area contributed by atoms with Gasteiger partial charge >= 0.3 is 0 Å². The van der Waals surface area contributed by atoms with Crippen LogP contribution in [0.15, 0.2) is 10.9 Å². The second-order valence-corrected chi connectivity index (χ2v) is 5.42. The van der Waals surface area contributed by atoms with E-state index in [1.165, 1.54) is 6.07 Å². The van der Waals surface area contributed by atoms with Crippen LogP contribution in [0.2, 0.25) is 0 Å². The SMILES string of the molecule is CC(C)c1nc(NCCOC2CCNCC2)cc(=O)[nH]1. The molecule has 0 aromatic carbocycles. The Kier molecular flexibility index (Phi) is 5.55. The van der Waals surface area contributed by atoms with Crippen molar-refractivity contribution in [2.24, 2.45) is 0 Å². The predicted octanol–water partition coefficient (Wildman–Crippen LogP) is 1.07. The van der Waals surface area contributed by atoms with E-state index >= 15 is 0 Å². The van der Waals surface area contributed by atoms with Crippen molar-refractivity contribution in [3.63, 3.8) is 0 Å². The number of nitrogens with zero attached hydrogens (tertiary/aromatic N) is 1. The third-order valence-corrected chi connectivity index (χ3v) is 3.35. The van der Waals surface area contributed by atoms with Gasteiger partial charge in [0.25, 0.3) is 5.56 Å². The third-order valence-electron chi connectivity index (χ3n) is 3.35. The van der Waals surface area contributed by atoms with Crippen LogP contribution in [0.3, 0.4) is 0 Å². The van der Waals surface area contributed by atoms with Crippen LogP contribution < -0.4 is 16.2 Å². The van der Waals surface area contributed by atoms with Crippen LogP contribution in [-0.2, 0) is 4.74 Å². The fraction of sp³-hybridized carbons (Fsp3) is 0.714. The molecule has 1 fully saturated rings. The van der Waals surface area contributed by atoms with Gasteiger partial charge in [-0.05, 0) is 25.9 Å². The molecule has 6 heteroatoms. The maximum atomic E-state index is 11.5. The van der Waals surface area contributed by atoms with E-state index in [9.17, 15) is 4.79 Å². The molecule has 6 nitrogen and oxygen atoms in total. The molecule has 1 saturated heterocycles. The maximum Gasteiger partial charge on any atom is 0.252 e. The molecule has 0 aliphatic carbocycles. The lowest BCUT2D eigenvalue weighted by atomic mass is 10.1. The Morgan fingerprint density at radius 1 is 1.45 bits per heavy atom. The molecule has 0 amide bonds. The van der Waals surface area contributed by atoms with Crippen molar-refractivity contribution in [3.05, 3.63) is 22.2 Å². The Morgan fingerprint density at radius 3 is 2.90 bits per heavy atom. The molecule has 112 valence electrons. The molecule has 20 heavy (non-hydrogen) atoms. The number of aromatic amines is 1. The smallest absolute Gasteiger partial charge is 0.252 e. The normalized spacial score (nSPS) is 16.6. The average Bonchev–Trinajstić information content (AvgIpc) is 2.44. The Bertz CT molecular complexity index is 466. The Hall–Kier alpha value is -1.40. The summed E-state index contributed by atoms with van der Waals surface area (Å²) in [6.45, 7) is 7.37. The van der Waals surface area contributed by atoms with Gasteiger partial charge in [0, 0.05) is 18.5 Å². The number of nitrogens with one attached hydrogen (secondary N) is 3. The number of piperidine rings is 1. The first kappa shape index (κ1) is 15.0. The van der Waals surface area contributed by atoms with Crippen LogP contribution in [0.4, 0.5) is 5.82 Å². The Morgan fingerprint density at radius 2 is 2.20 bits per heavy atom. The van der Waals surface area contributed by atoms with E-state index in [0.29, 0.717) is 30.9 Å². The van der Waals surface area contributed by atoms with Crippen molar-refractivity contribution in [2.45, 2.75) is 38.7 Å². The Labute approximate surface area is 119 Å². The van der Waals surface area contributed by atoms with Crippen molar-refractivity contribution in [1.82, 2.24) is 15.3 Å². The zero-order chi connectivity index (χ0) is 14.4. The molecule has 0 bridgehead atoms. The summed E-state index contributed by atoms with van der Waals surface area (Å²) in [4.78, 5) is 18.7. The van der Waals surface area contributed by atoms with Crippen LogP contribution >= 0.6 is 0 Å². The first-order chi connectivity index (χ1) is 9.65. The molecular formula is C14H24N4O2. The second kappa shape index (κ2) is 7.40. The molecule has 0 radical (unpaired) electrons. The van der Waals surface area contributed by atoms with E-state index in [-0.39, 0.29) is 11.5 Å². The number of H-pyrrole nitrogens is 1. The first-order valence-corrected chi connectivity index (χ1v) is 7.32. The highest BCUT2D eigenvalue weighted by atomic mass is 16.5. The van der Waals surface area contributed by atoms with Crippen molar-refractivity contribution in [1.29, 1.82) is 0 Å². The second-order valence-electron chi connectivity index (χ2n) is 5.42. The standard InChI is InChI=1S/C14H24N4O2/c1-10(2)14-17-12(9-13(19)18-14)16-7-8-20-11-3-5-15-6-4-11/h9-11,15H,3-8H2,1-2H3,(H2,16,17,18,19). The molecule has 0 unspecified atom stereocenters. The molecule has 0 spiro atoms. The minimum atomic E-state index is -0.120. The maximum absolute atomic E-state index is 11.5. The Balaban J connectivity index is 1.77. The van der Waals surface area contributed by atoms with Crippen molar-refractivity contribution in [2.75, 3.05) is 31.6 Å². The van der Waals surface area contributed by atoms with Gasteiger partial charge in [-0.1, -0.05) is 13.8 Å². The lowest BCUT2D eigenvalue weighted by Gasteiger charge is -2.23. The van der Waals surface area contributed by atoms with Crippen molar-refractivity contribution >= 4 is 5.82 Å². The van der Waals surface area contributed by atoms with E-state index in [4.69, 9.17) is 4.74 Å². The fourth-order valence-electron chi connectivity index (χ4n) is 2.21. The largest absolute Gasteiger partial charge is 0.376 e. The first-order valence-electron chi connectivity index (χ1n) is 7.32. The average molecular weight is 280 g/mol. The van der Waals surface area contributed by atoms with Gasteiger partial charge in [-0.15, -0.1) is 0 Å². The highest BCUT2D eigenvalue weighted by Crippen LogP contribution is 2.09.